The fraction of sp³-hybridized carbons (Fsp3) is 0.208. The molecule has 1 aliphatic rings. The van der Waals surface area contributed by atoms with E-state index in [9.17, 15) is 9.18 Å². The molecule has 0 unspecified atom stereocenters. The average molecular weight is 475 g/mol. The summed E-state index contributed by atoms with van der Waals surface area (Å²) in [6, 6.07) is 4.16. The van der Waals surface area contributed by atoms with Gasteiger partial charge >= 0.3 is 5.66 Å². The normalized spacial score (nSPS) is 13.0. The first-order valence-corrected chi connectivity index (χ1v) is 10.6. The number of benzene rings is 1. The second kappa shape index (κ2) is 9.74. The van der Waals surface area contributed by atoms with E-state index in [4.69, 9.17) is 11.3 Å². The topological polar surface area (TPSA) is 110 Å². The Morgan fingerprint density at radius 1 is 1.31 bits per heavy atom. The van der Waals surface area contributed by atoms with Crippen molar-refractivity contribution in [2.45, 2.75) is 19.5 Å². The van der Waals surface area contributed by atoms with Gasteiger partial charge in [0, 0.05) is 31.3 Å². The summed E-state index contributed by atoms with van der Waals surface area (Å²) in [6.45, 7) is 15.1. The molecule has 0 atom stereocenters. The molecule has 10 nitrogen and oxygen atoms in total. The SMILES string of the molecule is [C-]#[N+]C(C)(C)n1cc(Nc2ncc(C3=CCOC3)c(Nc3cc(NC(=O)C=C)ccc3F)n2)cn1. The summed E-state index contributed by atoms with van der Waals surface area (Å²) in [5.74, 6) is -0.348. The second-order valence-corrected chi connectivity index (χ2v) is 8.12. The highest BCUT2D eigenvalue weighted by atomic mass is 19.1. The van der Waals surface area contributed by atoms with Crippen LogP contribution in [0.5, 0.6) is 0 Å². The first-order chi connectivity index (χ1) is 16.8. The van der Waals surface area contributed by atoms with Gasteiger partial charge in [-0.3, -0.25) is 9.64 Å². The van der Waals surface area contributed by atoms with Gasteiger partial charge in [0.1, 0.15) is 11.6 Å². The molecule has 2 aromatic heterocycles. The van der Waals surface area contributed by atoms with Crippen molar-refractivity contribution in [3.8, 4) is 0 Å². The van der Waals surface area contributed by atoms with Crippen LogP contribution < -0.4 is 16.0 Å². The fourth-order valence-corrected chi connectivity index (χ4v) is 3.23. The number of aromatic nitrogens is 4. The van der Waals surface area contributed by atoms with Gasteiger partial charge in [0.15, 0.2) is 0 Å². The quantitative estimate of drug-likeness (QED) is 0.327. The Morgan fingerprint density at radius 2 is 2.14 bits per heavy atom. The minimum atomic E-state index is -0.837. The summed E-state index contributed by atoms with van der Waals surface area (Å²) in [5, 5.41) is 12.9. The Kier molecular flexibility index (Phi) is 6.57. The standard InChI is InChI=1S/C24H23FN8O2/c1-5-21(34)29-16-6-7-19(25)20(10-16)31-22-18(15-8-9-35-14-15)12-27-23(32-22)30-17-11-28-33(13-17)24(2,3)26-4/h5-8,10-13H,1,9,14H2,2-3H3,(H,29,34)(H2,27,30,31,32). The van der Waals surface area contributed by atoms with Crippen molar-refractivity contribution in [1.29, 1.82) is 0 Å². The molecule has 3 N–H and O–H groups in total. The monoisotopic (exact) mass is 474 g/mol. The molecule has 3 aromatic rings. The Bertz CT molecular complexity index is 1360. The van der Waals surface area contributed by atoms with Gasteiger partial charge in [-0.05, 0) is 29.8 Å². The predicted octanol–water partition coefficient (Wildman–Crippen LogP) is 4.45. The number of anilines is 5. The van der Waals surface area contributed by atoms with Crippen LogP contribution in [0.2, 0.25) is 0 Å². The van der Waals surface area contributed by atoms with E-state index >= 15 is 0 Å². The van der Waals surface area contributed by atoms with Crippen LogP contribution in [0.4, 0.5) is 33.2 Å². The molecule has 1 aromatic carbocycles. The first-order valence-electron chi connectivity index (χ1n) is 10.6. The molecule has 178 valence electrons. The minimum absolute atomic E-state index is 0.115. The summed E-state index contributed by atoms with van der Waals surface area (Å²) in [5.41, 5.74) is 1.77. The van der Waals surface area contributed by atoms with Crippen LogP contribution in [-0.2, 0) is 15.2 Å². The predicted molar refractivity (Wildman–Crippen MR) is 131 cm³/mol. The maximum atomic E-state index is 14.7. The van der Waals surface area contributed by atoms with E-state index in [1.54, 1.807) is 32.4 Å². The highest BCUT2D eigenvalue weighted by Crippen LogP contribution is 2.31. The van der Waals surface area contributed by atoms with Crippen molar-refractivity contribution >= 4 is 40.3 Å². The van der Waals surface area contributed by atoms with Crippen molar-refractivity contribution in [2.75, 3.05) is 29.2 Å². The Hall–Kier alpha value is -4.56. The van der Waals surface area contributed by atoms with Gasteiger partial charge < -0.3 is 20.7 Å². The number of carbonyl (C=O) groups excluding carboxylic acids is 1. The third-order valence-corrected chi connectivity index (χ3v) is 5.19. The molecule has 1 amide bonds. The summed E-state index contributed by atoms with van der Waals surface area (Å²) >= 11 is 0. The van der Waals surface area contributed by atoms with Gasteiger partial charge in [0.05, 0.1) is 37.0 Å². The molecule has 0 radical (unpaired) electrons. The van der Waals surface area contributed by atoms with E-state index in [1.165, 1.54) is 22.9 Å². The van der Waals surface area contributed by atoms with E-state index in [0.717, 1.165) is 11.6 Å². The average Bonchev–Trinajstić information content (AvgIpc) is 3.54. The van der Waals surface area contributed by atoms with Crippen molar-refractivity contribution in [2.24, 2.45) is 0 Å². The zero-order chi connectivity index (χ0) is 25.0. The van der Waals surface area contributed by atoms with Gasteiger partial charge in [-0.15, -0.1) is 0 Å². The van der Waals surface area contributed by atoms with Gasteiger partial charge in [0.25, 0.3) is 0 Å². The van der Waals surface area contributed by atoms with E-state index in [0.29, 0.717) is 36.0 Å². The number of halogens is 1. The summed E-state index contributed by atoms with van der Waals surface area (Å²) in [6.07, 6.45) is 7.90. The molecule has 11 heteroatoms. The zero-order valence-electron chi connectivity index (χ0n) is 19.2. The Morgan fingerprint density at radius 3 is 2.86 bits per heavy atom. The molecular weight excluding hydrogens is 451 g/mol. The second-order valence-electron chi connectivity index (χ2n) is 8.12. The van der Waals surface area contributed by atoms with Crippen LogP contribution >= 0.6 is 0 Å². The number of nitrogens with zero attached hydrogens (tertiary/aromatic N) is 5. The fourth-order valence-electron chi connectivity index (χ4n) is 3.23. The minimum Gasteiger partial charge on any atom is -0.373 e. The summed E-state index contributed by atoms with van der Waals surface area (Å²) in [4.78, 5) is 24.1. The van der Waals surface area contributed by atoms with Crippen LogP contribution in [0, 0.1) is 12.4 Å². The van der Waals surface area contributed by atoms with Crippen molar-refractivity contribution in [3.05, 3.63) is 78.3 Å². The van der Waals surface area contributed by atoms with Gasteiger partial charge in [-0.2, -0.15) is 14.8 Å². The van der Waals surface area contributed by atoms with E-state index in [1.807, 2.05) is 6.08 Å². The Labute approximate surface area is 201 Å². The lowest BCUT2D eigenvalue weighted by Crippen LogP contribution is -2.21. The lowest BCUT2D eigenvalue weighted by atomic mass is 10.1. The number of hydrogen-bond acceptors (Lipinski definition) is 7. The molecule has 0 fully saturated rings. The van der Waals surface area contributed by atoms with Crippen LogP contribution in [0.3, 0.4) is 0 Å². The molecule has 35 heavy (non-hydrogen) atoms. The molecule has 0 saturated carbocycles. The molecule has 0 bridgehead atoms. The number of nitrogens with one attached hydrogen (secondary N) is 3. The number of ether oxygens (including phenoxy) is 1. The lowest BCUT2D eigenvalue weighted by Gasteiger charge is -2.15. The molecule has 4 rings (SSSR count). The molecule has 0 saturated heterocycles. The maximum Gasteiger partial charge on any atom is 0.319 e. The lowest BCUT2D eigenvalue weighted by molar-refractivity contribution is -0.111. The smallest absolute Gasteiger partial charge is 0.319 e. The van der Waals surface area contributed by atoms with E-state index < -0.39 is 17.4 Å². The summed E-state index contributed by atoms with van der Waals surface area (Å²) in [7, 11) is 0. The van der Waals surface area contributed by atoms with Crippen molar-refractivity contribution < 1.29 is 13.9 Å². The number of amides is 1. The number of hydrogen-bond donors (Lipinski definition) is 3. The van der Waals surface area contributed by atoms with Crippen LogP contribution in [0.1, 0.15) is 19.4 Å². The van der Waals surface area contributed by atoms with Crippen LogP contribution in [0.15, 0.2) is 55.5 Å². The third-order valence-electron chi connectivity index (χ3n) is 5.19. The maximum absolute atomic E-state index is 14.7. The van der Waals surface area contributed by atoms with Gasteiger partial charge in [0.2, 0.25) is 11.9 Å². The highest BCUT2D eigenvalue weighted by Gasteiger charge is 2.26. The van der Waals surface area contributed by atoms with Gasteiger partial charge in [-0.25, -0.2) is 15.9 Å². The third kappa shape index (κ3) is 5.34. The largest absolute Gasteiger partial charge is 0.373 e. The summed E-state index contributed by atoms with van der Waals surface area (Å²) < 4.78 is 21.6. The van der Waals surface area contributed by atoms with Gasteiger partial charge in [-0.1, -0.05) is 12.7 Å². The molecular formula is C24H23FN8O2. The molecule has 0 spiro atoms. The van der Waals surface area contributed by atoms with E-state index in [-0.39, 0.29) is 11.6 Å². The van der Waals surface area contributed by atoms with Crippen molar-refractivity contribution in [3.63, 3.8) is 0 Å². The van der Waals surface area contributed by atoms with Crippen molar-refractivity contribution in [1.82, 2.24) is 19.7 Å². The molecule has 0 aliphatic carbocycles. The zero-order valence-corrected chi connectivity index (χ0v) is 19.2. The first kappa shape index (κ1) is 23.6. The Balaban J connectivity index is 1.66. The molecule has 1 aliphatic heterocycles. The highest BCUT2D eigenvalue weighted by molar-refractivity contribution is 5.99. The number of carbonyl (C=O) groups is 1. The molecule has 3 heterocycles. The number of rotatable bonds is 8. The van der Waals surface area contributed by atoms with Crippen LogP contribution in [0.25, 0.3) is 10.4 Å². The van der Waals surface area contributed by atoms with E-state index in [2.05, 4.69) is 42.4 Å². The van der Waals surface area contributed by atoms with Crippen LogP contribution in [-0.4, -0.2) is 38.9 Å².